The van der Waals surface area contributed by atoms with Crippen LogP contribution >= 0.6 is 15.9 Å². The van der Waals surface area contributed by atoms with E-state index in [9.17, 15) is 9.59 Å². The molecular formula is C12H13BrN4O2. The lowest BCUT2D eigenvalue weighted by Gasteiger charge is -2.16. The Labute approximate surface area is 117 Å². The average Bonchev–Trinajstić information content (AvgIpc) is 3.15. The van der Waals surface area contributed by atoms with Gasteiger partial charge in [-0.25, -0.2) is 9.78 Å². The van der Waals surface area contributed by atoms with Gasteiger partial charge in [-0.1, -0.05) is 0 Å². The van der Waals surface area contributed by atoms with Crippen LogP contribution in [-0.4, -0.2) is 38.4 Å². The van der Waals surface area contributed by atoms with Crippen molar-refractivity contribution in [2.75, 3.05) is 7.05 Å². The summed E-state index contributed by atoms with van der Waals surface area (Å²) in [5.74, 6) is -0.0600. The van der Waals surface area contributed by atoms with Gasteiger partial charge in [0.2, 0.25) is 5.91 Å². The second-order valence-electron chi connectivity index (χ2n) is 4.78. The van der Waals surface area contributed by atoms with Crippen LogP contribution in [-0.2, 0) is 11.3 Å². The number of nitrogens with one attached hydrogen (secondary N) is 1. The van der Waals surface area contributed by atoms with E-state index in [-0.39, 0.29) is 18.1 Å². The van der Waals surface area contributed by atoms with Gasteiger partial charge in [-0.2, -0.15) is 0 Å². The molecule has 1 N–H and O–H groups in total. The molecule has 0 bridgehead atoms. The molecule has 2 heterocycles. The van der Waals surface area contributed by atoms with Crippen LogP contribution in [0.1, 0.15) is 12.8 Å². The number of aromatic amines is 1. The van der Waals surface area contributed by atoms with Gasteiger partial charge in [0, 0.05) is 23.8 Å². The lowest BCUT2D eigenvalue weighted by atomic mass is 10.4. The zero-order chi connectivity index (χ0) is 13.6. The maximum Gasteiger partial charge on any atom is 0.328 e. The van der Waals surface area contributed by atoms with Gasteiger partial charge in [0.25, 0.3) is 0 Å². The largest absolute Gasteiger partial charge is 0.341 e. The third kappa shape index (κ3) is 2.30. The van der Waals surface area contributed by atoms with Crippen LogP contribution in [0, 0.1) is 0 Å². The highest BCUT2D eigenvalue weighted by molar-refractivity contribution is 9.10. The number of fused-ring (bicyclic) bond motifs is 1. The Hall–Kier alpha value is -1.63. The summed E-state index contributed by atoms with van der Waals surface area (Å²) in [5, 5.41) is 0. The summed E-state index contributed by atoms with van der Waals surface area (Å²) in [4.78, 5) is 32.5. The van der Waals surface area contributed by atoms with Crippen LogP contribution in [0.4, 0.5) is 0 Å². The molecule has 1 aliphatic rings. The van der Waals surface area contributed by atoms with Crippen molar-refractivity contribution in [2.45, 2.75) is 25.4 Å². The number of amides is 1. The Kier molecular flexibility index (Phi) is 2.93. The van der Waals surface area contributed by atoms with E-state index in [2.05, 4.69) is 25.9 Å². The maximum absolute atomic E-state index is 12.1. The minimum Gasteiger partial charge on any atom is -0.341 e. The Balaban J connectivity index is 1.94. The van der Waals surface area contributed by atoms with Gasteiger partial charge >= 0.3 is 5.69 Å². The number of H-pyrrole nitrogens is 1. The third-order valence-corrected chi connectivity index (χ3v) is 3.79. The van der Waals surface area contributed by atoms with Crippen molar-refractivity contribution in [3.8, 4) is 0 Å². The molecule has 0 saturated heterocycles. The predicted molar refractivity (Wildman–Crippen MR) is 73.8 cm³/mol. The van der Waals surface area contributed by atoms with E-state index in [1.54, 1.807) is 24.2 Å². The number of pyridine rings is 1. The van der Waals surface area contributed by atoms with Crippen molar-refractivity contribution in [3.05, 3.63) is 27.2 Å². The monoisotopic (exact) mass is 324 g/mol. The van der Waals surface area contributed by atoms with E-state index >= 15 is 0 Å². The van der Waals surface area contributed by atoms with Crippen LogP contribution < -0.4 is 5.69 Å². The standard InChI is InChI=1S/C12H13BrN4O2/c1-16(8-2-3-8)10(18)6-17-11-9(15-12(17)19)4-7(13)5-14-11/h4-5,8H,2-3,6H2,1H3,(H,15,19). The smallest absolute Gasteiger partial charge is 0.328 e. The molecule has 100 valence electrons. The number of nitrogens with zero attached hydrogens (tertiary/aromatic N) is 3. The maximum atomic E-state index is 12.1. The van der Waals surface area contributed by atoms with E-state index in [0.717, 1.165) is 17.3 Å². The Morgan fingerprint density at radius 2 is 2.37 bits per heavy atom. The van der Waals surface area contributed by atoms with Crippen molar-refractivity contribution < 1.29 is 4.79 Å². The molecule has 1 fully saturated rings. The molecule has 2 aromatic rings. The first-order chi connectivity index (χ1) is 9.06. The highest BCUT2D eigenvalue weighted by atomic mass is 79.9. The summed E-state index contributed by atoms with van der Waals surface area (Å²) in [5.41, 5.74) is 0.824. The van der Waals surface area contributed by atoms with E-state index in [1.807, 2.05) is 0 Å². The van der Waals surface area contributed by atoms with Gasteiger partial charge < -0.3 is 9.88 Å². The van der Waals surface area contributed by atoms with Crippen LogP contribution in [0.3, 0.4) is 0 Å². The quantitative estimate of drug-likeness (QED) is 0.919. The average molecular weight is 325 g/mol. The summed E-state index contributed by atoms with van der Waals surface area (Å²) >= 11 is 3.30. The number of imidazole rings is 1. The predicted octanol–water partition coefficient (Wildman–Crippen LogP) is 1.11. The van der Waals surface area contributed by atoms with Gasteiger partial charge in [0.15, 0.2) is 5.65 Å². The molecule has 0 atom stereocenters. The van der Waals surface area contributed by atoms with Gasteiger partial charge in [0.05, 0.1) is 5.52 Å². The van der Waals surface area contributed by atoms with Gasteiger partial charge in [0.1, 0.15) is 6.54 Å². The SMILES string of the molecule is CN(C(=O)Cn1c(=O)[nH]c2cc(Br)cnc21)C1CC1. The highest BCUT2D eigenvalue weighted by Gasteiger charge is 2.29. The zero-order valence-corrected chi connectivity index (χ0v) is 12.0. The minimum absolute atomic E-state index is 0.0282. The lowest BCUT2D eigenvalue weighted by Crippen LogP contribution is -2.34. The first kappa shape index (κ1) is 12.4. The van der Waals surface area contributed by atoms with Crippen molar-refractivity contribution in [1.82, 2.24) is 19.4 Å². The second-order valence-corrected chi connectivity index (χ2v) is 5.69. The summed E-state index contributed by atoms with van der Waals surface area (Å²) in [6.45, 7) is 0.0282. The van der Waals surface area contributed by atoms with Crippen molar-refractivity contribution in [2.24, 2.45) is 0 Å². The molecule has 0 unspecified atom stereocenters. The molecule has 0 spiro atoms. The first-order valence-electron chi connectivity index (χ1n) is 6.06. The van der Waals surface area contributed by atoms with Crippen molar-refractivity contribution in [3.63, 3.8) is 0 Å². The fourth-order valence-electron chi connectivity index (χ4n) is 2.08. The fourth-order valence-corrected chi connectivity index (χ4v) is 2.41. The molecule has 1 aliphatic carbocycles. The summed E-state index contributed by atoms with van der Waals surface area (Å²) in [7, 11) is 1.78. The van der Waals surface area contributed by atoms with Crippen LogP contribution in [0.25, 0.3) is 11.2 Å². The van der Waals surface area contributed by atoms with Crippen molar-refractivity contribution in [1.29, 1.82) is 0 Å². The molecule has 1 amide bonds. The number of hydrogen-bond donors (Lipinski definition) is 1. The Morgan fingerprint density at radius 3 is 3.05 bits per heavy atom. The number of aromatic nitrogens is 3. The summed E-state index contributed by atoms with van der Waals surface area (Å²) in [6, 6.07) is 2.12. The minimum atomic E-state index is -0.307. The molecule has 3 rings (SSSR count). The van der Waals surface area contributed by atoms with E-state index < -0.39 is 0 Å². The second kappa shape index (κ2) is 4.48. The van der Waals surface area contributed by atoms with E-state index in [0.29, 0.717) is 17.2 Å². The number of carbonyl (C=O) groups excluding carboxylic acids is 1. The molecule has 19 heavy (non-hydrogen) atoms. The molecule has 1 saturated carbocycles. The lowest BCUT2D eigenvalue weighted by molar-refractivity contribution is -0.131. The topological polar surface area (TPSA) is 71.0 Å². The van der Waals surface area contributed by atoms with Crippen LogP contribution in [0.5, 0.6) is 0 Å². The van der Waals surface area contributed by atoms with E-state index in [1.165, 1.54) is 4.57 Å². The molecule has 2 aromatic heterocycles. The normalized spacial score (nSPS) is 14.8. The Bertz CT molecular complexity index is 701. The van der Waals surface area contributed by atoms with Gasteiger partial charge in [-0.15, -0.1) is 0 Å². The van der Waals surface area contributed by atoms with Gasteiger partial charge in [-0.3, -0.25) is 9.36 Å². The first-order valence-corrected chi connectivity index (χ1v) is 6.85. The third-order valence-electron chi connectivity index (χ3n) is 3.36. The van der Waals surface area contributed by atoms with Crippen molar-refractivity contribution >= 4 is 33.0 Å². The highest BCUT2D eigenvalue weighted by Crippen LogP contribution is 2.25. The fraction of sp³-hybridized carbons (Fsp3) is 0.417. The molecule has 0 radical (unpaired) electrons. The molecular weight excluding hydrogens is 312 g/mol. The number of likely N-dealkylation sites (N-methyl/N-ethyl adjacent to an activating group) is 1. The van der Waals surface area contributed by atoms with Gasteiger partial charge in [-0.05, 0) is 34.8 Å². The van der Waals surface area contributed by atoms with E-state index in [4.69, 9.17) is 0 Å². The summed E-state index contributed by atoms with van der Waals surface area (Å²) in [6.07, 6.45) is 3.72. The molecule has 0 aromatic carbocycles. The molecule has 0 aliphatic heterocycles. The number of rotatable bonds is 3. The Morgan fingerprint density at radius 1 is 1.63 bits per heavy atom. The van der Waals surface area contributed by atoms with Crippen LogP contribution in [0.15, 0.2) is 21.5 Å². The van der Waals surface area contributed by atoms with Crippen LogP contribution in [0.2, 0.25) is 0 Å². The molecule has 7 heteroatoms. The summed E-state index contributed by atoms with van der Waals surface area (Å²) < 4.78 is 2.16. The number of carbonyl (C=O) groups is 1. The number of halogens is 1. The molecule has 6 nitrogen and oxygen atoms in total. The number of hydrogen-bond acceptors (Lipinski definition) is 3. The zero-order valence-electron chi connectivity index (χ0n) is 10.4.